The van der Waals surface area contributed by atoms with Crippen LogP contribution in [0.15, 0.2) is 60.7 Å². The minimum atomic E-state index is -1.74. The average Bonchev–Trinajstić information content (AvgIpc) is 3.13. The van der Waals surface area contributed by atoms with Crippen molar-refractivity contribution in [2.24, 2.45) is 0 Å². The molecule has 210 valence electrons. The summed E-state index contributed by atoms with van der Waals surface area (Å²) in [5, 5.41) is 0. The van der Waals surface area contributed by atoms with Gasteiger partial charge in [0.25, 0.3) is 0 Å². The topological polar surface area (TPSA) is 21.7 Å². The quantitative estimate of drug-likeness (QED) is 0.168. The number of unbranched alkanes of at least 4 members (excludes halogenated alkanes) is 2. The first-order chi connectivity index (χ1) is 18.1. The van der Waals surface area contributed by atoms with Crippen LogP contribution in [-0.4, -0.2) is 37.0 Å². The summed E-state index contributed by atoms with van der Waals surface area (Å²) in [7, 11) is -1.91. The van der Waals surface area contributed by atoms with E-state index in [0.29, 0.717) is 11.5 Å². The molecule has 0 amide bonds. The predicted octanol–water partition coefficient (Wildman–Crippen LogP) is 9.15. The first-order valence-electron chi connectivity index (χ1n) is 15.3. The Morgan fingerprint density at radius 2 is 1.16 bits per heavy atom. The summed E-state index contributed by atoms with van der Waals surface area (Å²) in [6.45, 7) is 20.4. The molecule has 3 rings (SSSR count). The lowest BCUT2D eigenvalue weighted by atomic mass is 9.68. The summed E-state index contributed by atoms with van der Waals surface area (Å²) in [4.78, 5) is 2.84. The molecular weight excluding hydrogens is 481 g/mol. The highest BCUT2D eigenvalue weighted by atomic mass is 28.3. The van der Waals surface area contributed by atoms with Crippen molar-refractivity contribution >= 4 is 15.2 Å². The fraction of sp³-hybridized carbons (Fsp3) is 0.636. The fourth-order valence-electron chi connectivity index (χ4n) is 6.51. The van der Waals surface area contributed by atoms with E-state index in [1.165, 1.54) is 48.5 Å². The van der Waals surface area contributed by atoms with Gasteiger partial charge in [-0.05, 0) is 38.8 Å². The van der Waals surface area contributed by atoms with Gasteiger partial charge in [0.05, 0.1) is 19.3 Å². The second-order valence-corrected chi connectivity index (χ2v) is 18.0. The van der Waals surface area contributed by atoms with Crippen LogP contribution in [0.4, 0.5) is 0 Å². The maximum absolute atomic E-state index is 6.89. The normalized spacial score (nSPS) is 18.6. The first kappa shape index (κ1) is 31.1. The molecule has 0 unspecified atom stereocenters. The van der Waals surface area contributed by atoms with Gasteiger partial charge in [-0.25, -0.2) is 0 Å². The van der Waals surface area contributed by atoms with Crippen LogP contribution in [0.3, 0.4) is 0 Å². The SMILES string of the molecule is CCCCC[C@@H](B1OC(C)(C)C(C)(C)O1)[C@H](N(Cc1ccccc1)Cc1ccccc1)[Si](CC)(CC)CC. The van der Waals surface area contributed by atoms with Crippen molar-refractivity contribution < 1.29 is 9.31 Å². The highest BCUT2D eigenvalue weighted by Crippen LogP contribution is 2.47. The summed E-state index contributed by atoms with van der Waals surface area (Å²) in [6, 6.07) is 26.0. The van der Waals surface area contributed by atoms with Gasteiger partial charge in [0.2, 0.25) is 0 Å². The van der Waals surface area contributed by atoms with Crippen molar-refractivity contribution in [2.45, 2.75) is 135 Å². The van der Waals surface area contributed by atoms with Gasteiger partial charge in [0.1, 0.15) is 0 Å². The van der Waals surface area contributed by atoms with Crippen molar-refractivity contribution in [2.75, 3.05) is 0 Å². The van der Waals surface area contributed by atoms with Crippen molar-refractivity contribution in [3.63, 3.8) is 0 Å². The number of hydrogen-bond acceptors (Lipinski definition) is 3. The van der Waals surface area contributed by atoms with E-state index in [-0.39, 0.29) is 18.3 Å². The molecule has 0 radical (unpaired) electrons. The first-order valence-corrected chi connectivity index (χ1v) is 18.0. The van der Waals surface area contributed by atoms with E-state index < -0.39 is 8.07 Å². The molecule has 5 heteroatoms. The Kier molecular flexibility index (Phi) is 11.3. The molecule has 1 aliphatic heterocycles. The third-order valence-corrected chi connectivity index (χ3v) is 16.0. The molecule has 1 fully saturated rings. The van der Waals surface area contributed by atoms with Crippen LogP contribution in [0.5, 0.6) is 0 Å². The van der Waals surface area contributed by atoms with Crippen LogP contribution in [-0.2, 0) is 22.4 Å². The maximum atomic E-state index is 6.89. The van der Waals surface area contributed by atoms with E-state index >= 15 is 0 Å². The molecule has 1 saturated heterocycles. The Morgan fingerprint density at radius 3 is 1.55 bits per heavy atom. The van der Waals surface area contributed by atoms with E-state index in [2.05, 4.69) is 121 Å². The van der Waals surface area contributed by atoms with Gasteiger partial charge in [-0.3, -0.25) is 4.90 Å². The number of rotatable bonds is 15. The highest BCUT2D eigenvalue weighted by Gasteiger charge is 2.58. The smallest absolute Gasteiger partial charge is 0.403 e. The Labute approximate surface area is 235 Å². The zero-order valence-electron chi connectivity index (χ0n) is 25.6. The van der Waals surface area contributed by atoms with Crippen LogP contribution in [0, 0.1) is 0 Å². The minimum Gasteiger partial charge on any atom is -0.403 e. The molecule has 2 aromatic carbocycles. The Morgan fingerprint density at radius 1 is 0.711 bits per heavy atom. The van der Waals surface area contributed by atoms with E-state index in [1.54, 1.807) is 0 Å². The van der Waals surface area contributed by atoms with Gasteiger partial charge < -0.3 is 9.31 Å². The van der Waals surface area contributed by atoms with E-state index in [1.807, 2.05) is 0 Å². The maximum Gasteiger partial charge on any atom is 0.462 e. The van der Waals surface area contributed by atoms with Crippen LogP contribution in [0.1, 0.15) is 92.2 Å². The molecule has 1 aliphatic rings. The third kappa shape index (κ3) is 7.21. The molecule has 0 bridgehead atoms. The van der Waals surface area contributed by atoms with E-state index in [0.717, 1.165) is 19.5 Å². The second-order valence-electron chi connectivity index (χ2n) is 12.5. The van der Waals surface area contributed by atoms with Crippen molar-refractivity contribution in [1.29, 1.82) is 0 Å². The van der Waals surface area contributed by atoms with Crippen LogP contribution in [0.2, 0.25) is 23.9 Å². The highest BCUT2D eigenvalue weighted by molar-refractivity contribution is 6.82. The molecular formula is C33H54BNO2Si. The third-order valence-electron chi connectivity index (χ3n) is 9.76. The molecule has 2 aromatic rings. The van der Waals surface area contributed by atoms with Gasteiger partial charge in [0.15, 0.2) is 0 Å². The van der Waals surface area contributed by atoms with Gasteiger partial charge in [-0.1, -0.05) is 132 Å². The monoisotopic (exact) mass is 535 g/mol. The summed E-state index contributed by atoms with van der Waals surface area (Å²) in [6.07, 6.45) is 4.88. The summed E-state index contributed by atoms with van der Waals surface area (Å²) >= 11 is 0. The van der Waals surface area contributed by atoms with Crippen molar-refractivity contribution in [3.8, 4) is 0 Å². The Bertz CT molecular complexity index is 882. The van der Waals surface area contributed by atoms with Gasteiger partial charge >= 0.3 is 7.12 Å². The molecule has 0 aromatic heterocycles. The predicted molar refractivity (Wildman–Crippen MR) is 167 cm³/mol. The zero-order chi connectivity index (χ0) is 27.8. The number of nitrogens with zero attached hydrogens (tertiary/aromatic N) is 1. The lowest BCUT2D eigenvalue weighted by molar-refractivity contribution is 0.00578. The van der Waals surface area contributed by atoms with Gasteiger partial charge in [-0.15, -0.1) is 0 Å². The standard InChI is InChI=1S/C33H54BNO2Si/c1-9-13-16-25-30(34-36-32(5,6)33(7,8)37-34)31(38(10-2,11-3)12-4)35(26-28-21-17-14-18-22-28)27-29-23-19-15-20-24-29/h14-15,17-24,30-31H,9-13,16,25-27H2,1-8H3/t30-,31-/m1/s1. The summed E-state index contributed by atoms with van der Waals surface area (Å²) in [5.41, 5.74) is 2.62. The van der Waals surface area contributed by atoms with Crippen LogP contribution >= 0.6 is 0 Å². The molecule has 0 saturated carbocycles. The number of hydrogen-bond donors (Lipinski definition) is 0. The van der Waals surface area contributed by atoms with Crippen molar-refractivity contribution in [1.82, 2.24) is 4.90 Å². The summed E-state index contributed by atoms with van der Waals surface area (Å²) in [5.74, 6) is 0.349. The molecule has 1 heterocycles. The molecule has 0 aliphatic carbocycles. The molecule has 38 heavy (non-hydrogen) atoms. The zero-order valence-corrected chi connectivity index (χ0v) is 26.6. The van der Waals surface area contributed by atoms with Crippen LogP contribution < -0.4 is 0 Å². The summed E-state index contributed by atoms with van der Waals surface area (Å²) < 4.78 is 13.8. The lowest BCUT2D eigenvalue weighted by Crippen LogP contribution is -2.60. The fourth-order valence-corrected chi connectivity index (χ4v) is 11.5. The average molecular weight is 536 g/mol. The molecule has 3 nitrogen and oxygen atoms in total. The molecule has 2 atom stereocenters. The Hall–Kier alpha value is -1.40. The number of benzene rings is 2. The molecule has 0 spiro atoms. The van der Waals surface area contributed by atoms with Crippen LogP contribution in [0.25, 0.3) is 0 Å². The van der Waals surface area contributed by atoms with Gasteiger partial charge in [-0.2, -0.15) is 0 Å². The Balaban J connectivity index is 2.14. The van der Waals surface area contributed by atoms with Gasteiger partial charge in [0, 0.05) is 24.6 Å². The van der Waals surface area contributed by atoms with Crippen molar-refractivity contribution in [3.05, 3.63) is 71.8 Å². The lowest BCUT2D eigenvalue weighted by Gasteiger charge is -2.49. The van der Waals surface area contributed by atoms with E-state index in [4.69, 9.17) is 9.31 Å². The minimum absolute atomic E-state index is 0.174. The molecule has 0 N–H and O–H groups in total. The second kappa shape index (κ2) is 13.8. The van der Waals surface area contributed by atoms with E-state index in [9.17, 15) is 0 Å². The largest absolute Gasteiger partial charge is 0.462 e.